The van der Waals surface area contributed by atoms with Crippen molar-refractivity contribution in [1.82, 2.24) is 9.80 Å². The van der Waals surface area contributed by atoms with E-state index < -0.39 is 5.97 Å². The second-order valence-corrected chi connectivity index (χ2v) is 5.60. The Kier molecular flexibility index (Phi) is 4.66. The van der Waals surface area contributed by atoms with Gasteiger partial charge in [-0.3, -0.25) is 4.79 Å². The summed E-state index contributed by atoms with van der Waals surface area (Å²) in [6.45, 7) is 3.65. The number of hydrogen-bond donors (Lipinski definition) is 1. The minimum absolute atomic E-state index is 0.0293. The summed E-state index contributed by atoms with van der Waals surface area (Å²) in [5, 5.41) is 8.75. The summed E-state index contributed by atoms with van der Waals surface area (Å²) >= 11 is 0. The number of nitrogens with zero attached hydrogens (tertiary/aromatic N) is 2. The van der Waals surface area contributed by atoms with E-state index in [4.69, 9.17) is 5.11 Å². The fourth-order valence-corrected chi connectivity index (χ4v) is 3.49. The van der Waals surface area contributed by atoms with Crippen LogP contribution in [0.15, 0.2) is 0 Å². The maximum absolute atomic E-state index is 12.5. The third-order valence-corrected chi connectivity index (χ3v) is 4.49. The van der Waals surface area contributed by atoms with Gasteiger partial charge in [0.1, 0.15) is 0 Å². The molecule has 2 fully saturated rings. The van der Waals surface area contributed by atoms with Gasteiger partial charge >= 0.3 is 12.0 Å². The van der Waals surface area contributed by atoms with E-state index in [9.17, 15) is 9.59 Å². The van der Waals surface area contributed by atoms with Gasteiger partial charge in [0.05, 0.1) is 6.42 Å². The minimum atomic E-state index is -0.844. The molecule has 0 spiro atoms. The lowest BCUT2D eigenvalue weighted by molar-refractivity contribution is -0.137. The molecule has 2 amide bonds. The number of hydrogen-bond acceptors (Lipinski definition) is 2. The molecule has 1 N–H and O–H groups in total. The zero-order valence-electron chi connectivity index (χ0n) is 11.7. The van der Waals surface area contributed by atoms with Gasteiger partial charge in [-0.1, -0.05) is 6.42 Å². The molecule has 0 aromatic carbocycles. The number of amides is 2. The highest BCUT2D eigenvalue weighted by Gasteiger charge is 2.38. The van der Waals surface area contributed by atoms with Gasteiger partial charge in [-0.25, -0.2) is 4.79 Å². The Hall–Kier alpha value is -1.26. The first-order chi connectivity index (χ1) is 9.13. The number of carboxylic acid groups (broad SMARTS) is 1. The number of likely N-dealkylation sites (tertiary alicyclic amines) is 1. The molecule has 1 saturated heterocycles. The number of carbonyl (C=O) groups is 2. The molecule has 108 valence electrons. The first kappa shape index (κ1) is 14.2. The Balaban J connectivity index is 1.97. The van der Waals surface area contributed by atoms with E-state index in [-0.39, 0.29) is 12.5 Å². The van der Waals surface area contributed by atoms with Crippen LogP contribution in [-0.2, 0) is 4.79 Å². The second-order valence-electron chi connectivity index (χ2n) is 5.60. The average molecular weight is 268 g/mol. The highest BCUT2D eigenvalue weighted by molar-refractivity contribution is 5.76. The molecule has 2 atom stereocenters. The number of aliphatic carboxylic acids is 1. The first-order valence-corrected chi connectivity index (χ1v) is 7.40. The van der Waals surface area contributed by atoms with E-state index in [1.807, 2.05) is 11.8 Å². The number of rotatable bonds is 4. The van der Waals surface area contributed by atoms with Gasteiger partial charge in [0, 0.05) is 25.7 Å². The van der Waals surface area contributed by atoms with Gasteiger partial charge in [0.2, 0.25) is 0 Å². The SMILES string of the molecule is CCN(CCC(=O)O)C(=O)N1CCCC2CCCC21. The van der Waals surface area contributed by atoms with Crippen molar-refractivity contribution >= 4 is 12.0 Å². The number of piperidine rings is 1. The van der Waals surface area contributed by atoms with E-state index in [0.717, 1.165) is 19.4 Å². The highest BCUT2D eigenvalue weighted by Crippen LogP contribution is 2.37. The van der Waals surface area contributed by atoms with Crippen LogP contribution in [-0.4, -0.2) is 52.6 Å². The quantitative estimate of drug-likeness (QED) is 0.850. The molecular weight excluding hydrogens is 244 g/mol. The van der Waals surface area contributed by atoms with Crippen LogP contribution < -0.4 is 0 Å². The Labute approximate surface area is 114 Å². The largest absolute Gasteiger partial charge is 0.481 e. The van der Waals surface area contributed by atoms with Crippen molar-refractivity contribution in [2.75, 3.05) is 19.6 Å². The van der Waals surface area contributed by atoms with Crippen molar-refractivity contribution in [1.29, 1.82) is 0 Å². The molecule has 1 saturated carbocycles. The normalized spacial score (nSPS) is 26.1. The summed E-state index contributed by atoms with van der Waals surface area (Å²) < 4.78 is 0. The Bertz CT molecular complexity index is 346. The molecule has 1 aliphatic heterocycles. The fraction of sp³-hybridized carbons (Fsp3) is 0.857. The first-order valence-electron chi connectivity index (χ1n) is 7.40. The molecule has 0 aromatic rings. The number of carboxylic acids is 1. The zero-order chi connectivity index (χ0) is 13.8. The van der Waals surface area contributed by atoms with Crippen molar-refractivity contribution in [3.63, 3.8) is 0 Å². The van der Waals surface area contributed by atoms with E-state index in [1.54, 1.807) is 4.90 Å². The van der Waals surface area contributed by atoms with E-state index in [0.29, 0.717) is 25.0 Å². The van der Waals surface area contributed by atoms with E-state index >= 15 is 0 Å². The van der Waals surface area contributed by atoms with Gasteiger partial charge in [0.25, 0.3) is 0 Å². The maximum atomic E-state index is 12.5. The molecule has 0 bridgehead atoms. The van der Waals surface area contributed by atoms with Crippen molar-refractivity contribution in [3.05, 3.63) is 0 Å². The molecule has 5 heteroatoms. The van der Waals surface area contributed by atoms with Crippen molar-refractivity contribution < 1.29 is 14.7 Å². The van der Waals surface area contributed by atoms with Gasteiger partial charge in [-0.05, 0) is 38.5 Å². The number of carbonyl (C=O) groups excluding carboxylic acids is 1. The number of fused-ring (bicyclic) bond motifs is 1. The maximum Gasteiger partial charge on any atom is 0.320 e. The van der Waals surface area contributed by atoms with Crippen LogP contribution >= 0.6 is 0 Å². The fourth-order valence-electron chi connectivity index (χ4n) is 3.49. The van der Waals surface area contributed by atoms with E-state index in [1.165, 1.54) is 19.3 Å². The Morgan fingerprint density at radius 3 is 2.68 bits per heavy atom. The highest BCUT2D eigenvalue weighted by atomic mass is 16.4. The van der Waals surface area contributed by atoms with Crippen LogP contribution in [0.2, 0.25) is 0 Å². The third-order valence-electron chi connectivity index (χ3n) is 4.49. The monoisotopic (exact) mass is 268 g/mol. The molecular formula is C14H24N2O3. The molecule has 0 radical (unpaired) electrons. The smallest absolute Gasteiger partial charge is 0.320 e. The molecule has 5 nitrogen and oxygen atoms in total. The standard InChI is InChI=1S/C14H24N2O3/c1-2-15(10-8-13(17)18)14(19)16-9-4-6-11-5-3-7-12(11)16/h11-12H,2-10H2,1H3,(H,17,18). The molecule has 19 heavy (non-hydrogen) atoms. The summed E-state index contributed by atoms with van der Waals surface area (Å²) in [5.41, 5.74) is 0. The Morgan fingerprint density at radius 2 is 2.00 bits per heavy atom. The van der Waals surface area contributed by atoms with Gasteiger partial charge < -0.3 is 14.9 Å². The topological polar surface area (TPSA) is 60.9 Å². The third kappa shape index (κ3) is 3.19. The zero-order valence-corrected chi connectivity index (χ0v) is 11.7. The molecule has 1 aliphatic carbocycles. The van der Waals surface area contributed by atoms with Crippen LogP contribution in [0.3, 0.4) is 0 Å². The lowest BCUT2D eigenvalue weighted by Gasteiger charge is -2.40. The van der Waals surface area contributed by atoms with Crippen molar-refractivity contribution in [3.8, 4) is 0 Å². The van der Waals surface area contributed by atoms with Gasteiger partial charge in [-0.2, -0.15) is 0 Å². The summed E-state index contributed by atoms with van der Waals surface area (Å²) in [7, 11) is 0. The van der Waals surface area contributed by atoms with Crippen LogP contribution in [0.25, 0.3) is 0 Å². The lowest BCUT2D eigenvalue weighted by Crippen LogP contribution is -2.52. The molecule has 2 unspecified atom stereocenters. The summed E-state index contributed by atoms with van der Waals surface area (Å²) in [4.78, 5) is 26.9. The summed E-state index contributed by atoms with van der Waals surface area (Å²) in [5.74, 6) is -0.167. The molecule has 2 aliphatic rings. The second kappa shape index (κ2) is 6.26. The Morgan fingerprint density at radius 1 is 1.26 bits per heavy atom. The van der Waals surface area contributed by atoms with E-state index in [2.05, 4.69) is 0 Å². The lowest BCUT2D eigenvalue weighted by atomic mass is 9.92. The van der Waals surface area contributed by atoms with Crippen molar-refractivity contribution in [2.24, 2.45) is 5.92 Å². The van der Waals surface area contributed by atoms with Crippen LogP contribution in [0.1, 0.15) is 45.4 Å². The number of urea groups is 1. The predicted molar refractivity (Wildman–Crippen MR) is 72.0 cm³/mol. The predicted octanol–water partition coefficient (Wildman–Crippen LogP) is 2.17. The van der Waals surface area contributed by atoms with Crippen molar-refractivity contribution in [2.45, 2.75) is 51.5 Å². The average Bonchev–Trinajstić information content (AvgIpc) is 2.86. The molecule has 2 rings (SSSR count). The summed E-state index contributed by atoms with van der Waals surface area (Å²) in [6.07, 6.45) is 5.95. The molecule has 0 aromatic heterocycles. The van der Waals surface area contributed by atoms with Crippen LogP contribution in [0.5, 0.6) is 0 Å². The van der Waals surface area contributed by atoms with Crippen LogP contribution in [0, 0.1) is 5.92 Å². The van der Waals surface area contributed by atoms with Gasteiger partial charge in [-0.15, -0.1) is 0 Å². The minimum Gasteiger partial charge on any atom is -0.481 e. The molecule has 1 heterocycles. The summed E-state index contributed by atoms with van der Waals surface area (Å²) in [6, 6.07) is 0.445. The van der Waals surface area contributed by atoms with Gasteiger partial charge in [0.15, 0.2) is 0 Å². The van der Waals surface area contributed by atoms with Crippen LogP contribution in [0.4, 0.5) is 4.79 Å².